The zero-order chi connectivity index (χ0) is 16.5. The van der Waals surface area contributed by atoms with Crippen molar-refractivity contribution >= 4 is 6.03 Å². The van der Waals surface area contributed by atoms with Gasteiger partial charge in [0.05, 0.1) is 21.3 Å². The minimum absolute atomic E-state index is 0.159. The van der Waals surface area contributed by atoms with E-state index >= 15 is 0 Å². The Kier molecular flexibility index (Phi) is 7.36. The predicted octanol–water partition coefficient (Wildman–Crippen LogP) is 2.21. The summed E-state index contributed by atoms with van der Waals surface area (Å²) in [4.78, 5) is 11.6. The van der Waals surface area contributed by atoms with Crippen LogP contribution >= 0.6 is 0 Å². The highest BCUT2D eigenvalue weighted by atomic mass is 16.5. The fraction of sp³-hybridized carbons (Fsp3) is 0.562. The van der Waals surface area contributed by atoms with E-state index in [4.69, 9.17) is 14.2 Å². The first-order valence-corrected chi connectivity index (χ1v) is 7.33. The maximum Gasteiger partial charge on any atom is 0.314 e. The third kappa shape index (κ3) is 5.02. The van der Waals surface area contributed by atoms with Gasteiger partial charge < -0.3 is 24.8 Å². The summed E-state index contributed by atoms with van der Waals surface area (Å²) >= 11 is 0. The summed E-state index contributed by atoms with van der Waals surface area (Å²) < 4.78 is 16.0. The molecule has 0 bridgehead atoms. The molecule has 6 nitrogen and oxygen atoms in total. The number of amides is 2. The van der Waals surface area contributed by atoms with Gasteiger partial charge in [-0.3, -0.25) is 0 Å². The number of hydrogen-bond donors (Lipinski definition) is 2. The molecule has 1 rings (SSSR count). The topological polar surface area (TPSA) is 68.8 Å². The zero-order valence-corrected chi connectivity index (χ0v) is 14.0. The largest absolute Gasteiger partial charge is 0.493 e. The highest BCUT2D eigenvalue weighted by molar-refractivity contribution is 5.73. The summed E-state index contributed by atoms with van der Waals surface area (Å²) in [6, 6.07) is 3.58. The smallest absolute Gasteiger partial charge is 0.314 e. The van der Waals surface area contributed by atoms with E-state index in [0.29, 0.717) is 42.7 Å². The lowest BCUT2D eigenvalue weighted by molar-refractivity contribution is 0.239. The monoisotopic (exact) mass is 310 g/mol. The number of rotatable bonds is 8. The summed E-state index contributed by atoms with van der Waals surface area (Å²) in [7, 11) is 4.74. The van der Waals surface area contributed by atoms with Gasteiger partial charge in [0.25, 0.3) is 0 Å². The number of hydrogen-bond acceptors (Lipinski definition) is 4. The van der Waals surface area contributed by atoms with E-state index < -0.39 is 0 Å². The Balaban J connectivity index is 2.64. The number of ether oxygens (including phenoxy) is 3. The van der Waals surface area contributed by atoms with Gasteiger partial charge in [-0.1, -0.05) is 19.9 Å². The van der Waals surface area contributed by atoms with Gasteiger partial charge in [-0.05, 0) is 18.4 Å². The maximum absolute atomic E-state index is 11.6. The third-order valence-electron chi connectivity index (χ3n) is 3.14. The van der Waals surface area contributed by atoms with Crippen molar-refractivity contribution < 1.29 is 19.0 Å². The molecule has 0 aromatic heterocycles. The molecule has 0 spiro atoms. The van der Waals surface area contributed by atoms with Crippen LogP contribution < -0.4 is 24.8 Å². The molecule has 0 aliphatic heterocycles. The highest BCUT2D eigenvalue weighted by Gasteiger charge is 2.15. The molecule has 6 heteroatoms. The van der Waals surface area contributed by atoms with Crippen LogP contribution in [0.3, 0.4) is 0 Å². The summed E-state index contributed by atoms with van der Waals surface area (Å²) in [6.45, 7) is 5.27. The van der Waals surface area contributed by atoms with Crippen LogP contribution in [0.2, 0.25) is 0 Å². The van der Waals surface area contributed by atoms with Gasteiger partial charge in [-0.2, -0.15) is 0 Å². The van der Waals surface area contributed by atoms with Crippen molar-refractivity contribution in [3.63, 3.8) is 0 Å². The molecule has 2 N–H and O–H groups in total. The highest BCUT2D eigenvalue weighted by Crippen LogP contribution is 2.39. The predicted molar refractivity (Wildman–Crippen MR) is 86.0 cm³/mol. The summed E-state index contributed by atoms with van der Waals surface area (Å²) in [5.41, 5.74) is 0.948. The number of methoxy groups -OCH3 is 3. The average Bonchev–Trinajstić information content (AvgIpc) is 2.51. The Morgan fingerprint density at radius 1 is 1.05 bits per heavy atom. The summed E-state index contributed by atoms with van der Waals surface area (Å²) in [5.74, 6) is 2.24. The molecule has 0 fully saturated rings. The van der Waals surface area contributed by atoms with E-state index in [1.165, 1.54) is 0 Å². The average molecular weight is 310 g/mol. The molecule has 0 saturated heterocycles. The molecule has 0 unspecified atom stereocenters. The van der Waals surface area contributed by atoms with Crippen LogP contribution in [0, 0.1) is 5.92 Å². The lowest BCUT2D eigenvalue weighted by Crippen LogP contribution is -2.38. The number of nitrogens with one attached hydrogen (secondary N) is 2. The Morgan fingerprint density at radius 3 is 2.27 bits per heavy atom. The van der Waals surface area contributed by atoms with Crippen molar-refractivity contribution in [3.05, 3.63) is 17.7 Å². The van der Waals surface area contributed by atoms with Crippen LogP contribution in [0.25, 0.3) is 0 Å². The standard InChI is InChI=1S/C16H26N2O4/c1-11(2)10-18-16(19)17-9-8-12-6-7-13(20-3)15(22-5)14(12)21-4/h6-7,11H,8-10H2,1-5H3,(H2,17,18,19). The quantitative estimate of drug-likeness (QED) is 0.772. The van der Waals surface area contributed by atoms with Crippen molar-refractivity contribution in [1.82, 2.24) is 10.6 Å². The molecular weight excluding hydrogens is 284 g/mol. The Bertz CT molecular complexity index is 489. The lowest BCUT2D eigenvalue weighted by atomic mass is 10.1. The van der Waals surface area contributed by atoms with Crippen LogP contribution in [0.5, 0.6) is 17.2 Å². The van der Waals surface area contributed by atoms with E-state index in [1.807, 2.05) is 12.1 Å². The summed E-state index contributed by atoms with van der Waals surface area (Å²) in [6.07, 6.45) is 0.638. The first-order valence-electron chi connectivity index (χ1n) is 7.33. The second-order valence-corrected chi connectivity index (χ2v) is 5.27. The molecule has 0 aliphatic carbocycles. The van der Waals surface area contributed by atoms with Crippen molar-refractivity contribution in [3.8, 4) is 17.2 Å². The van der Waals surface area contributed by atoms with Gasteiger partial charge in [0.2, 0.25) is 5.75 Å². The minimum atomic E-state index is -0.159. The van der Waals surface area contributed by atoms with Crippen molar-refractivity contribution in [1.29, 1.82) is 0 Å². The molecular formula is C16H26N2O4. The second kappa shape index (κ2) is 9.02. The number of benzene rings is 1. The zero-order valence-electron chi connectivity index (χ0n) is 14.0. The van der Waals surface area contributed by atoms with Crippen LogP contribution in [0.1, 0.15) is 19.4 Å². The molecule has 1 aromatic carbocycles. The van der Waals surface area contributed by atoms with Crippen LogP contribution in [0.4, 0.5) is 4.79 Å². The van der Waals surface area contributed by atoms with Gasteiger partial charge in [-0.25, -0.2) is 4.79 Å². The molecule has 124 valence electrons. The van der Waals surface area contributed by atoms with Gasteiger partial charge in [0.1, 0.15) is 0 Å². The van der Waals surface area contributed by atoms with Gasteiger partial charge in [0, 0.05) is 18.7 Å². The fourth-order valence-electron chi connectivity index (χ4n) is 2.03. The molecule has 0 radical (unpaired) electrons. The van der Waals surface area contributed by atoms with E-state index in [-0.39, 0.29) is 6.03 Å². The molecule has 0 heterocycles. The first kappa shape index (κ1) is 17.9. The normalized spacial score (nSPS) is 10.3. The lowest BCUT2D eigenvalue weighted by Gasteiger charge is -2.16. The molecule has 0 atom stereocenters. The van der Waals surface area contributed by atoms with E-state index in [9.17, 15) is 4.79 Å². The molecule has 1 aromatic rings. The Hall–Kier alpha value is -2.11. The van der Waals surface area contributed by atoms with Crippen LogP contribution in [-0.2, 0) is 6.42 Å². The molecule has 0 aliphatic rings. The first-order chi connectivity index (χ1) is 10.5. The SMILES string of the molecule is COc1ccc(CCNC(=O)NCC(C)C)c(OC)c1OC. The second-order valence-electron chi connectivity index (χ2n) is 5.27. The summed E-state index contributed by atoms with van der Waals surface area (Å²) in [5, 5.41) is 5.64. The number of carbonyl (C=O) groups is 1. The van der Waals surface area contributed by atoms with E-state index in [0.717, 1.165) is 5.56 Å². The molecule has 22 heavy (non-hydrogen) atoms. The van der Waals surface area contributed by atoms with Crippen molar-refractivity contribution in [2.24, 2.45) is 5.92 Å². The van der Waals surface area contributed by atoms with Crippen LogP contribution in [0.15, 0.2) is 12.1 Å². The van der Waals surface area contributed by atoms with Crippen LogP contribution in [-0.4, -0.2) is 40.5 Å². The fourth-order valence-corrected chi connectivity index (χ4v) is 2.03. The third-order valence-corrected chi connectivity index (χ3v) is 3.14. The van der Waals surface area contributed by atoms with E-state index in [1.54, 1.807) is 21.3 Å². The maximum atomic E-state index is 11.6. The van der Waals surface area contributed by atoms with Crippen molar-refractivity contribution in [2.45, 2.75) is 20.3 Å². The number of carbonyl (C=O) groups excluding carboxylic acids is 1. The van der Waals surface area contributed by atoms with Gasteiger partial charge in [-0.15, -0.1) is 0 Å². The van der Waals surface area contributed by atoms with E-state index in [2.05, 4.69) is 24.5 Å². The Morgan fingerprint density at radius 2 is 1.73 bits per heavy atom. The van der Waals surface area contributed by atoms with Gasteiger partial charge in [0.15, 0.2) is 11.5 Å². The van der Waals surface area contributed by atoms with Crippen molar-refractivity contribution in [2.75, 3.05) is 34.4 Å². The molecule has 0 saturated carbocycles. The number of urea groups is 1. The molecule has 2 amide bonds. The minimum Gasteiger partial charge on any atom is -0.493 e. The Labute approximate surface area is 132 Å². The van der Waals surface area contributed by atoms with Gasteiger partial charge >= 0.3 is 6.03 Å².